The highest BCUT2D eigenvalue weighted by molar-refractivity contribution is 6.30. The second-order valence-electron chi connectivity index (χ2n) is 3.80. The summed E-state index contributed by atoms with van der Waals surface area (Å²) < 4.78 is 4.86. The highest BCUT2D eigenvalue weighted by atomic mass is 35.5. The molecule has 0 unspecified atom stereocenters. The zero-order valence-corrected chi connectivity index (χ0v) is 10.8. The van der Waals surface area contributed by atoms with Gasteiger partial charge in [0, 0.05) is 10.7 Å². The van der Waals surface area contributed by atoms with Gasteiger partial charge in [0.1, 0.15) is 6.61 Å². The number of ether oxygens (including phenoxy) is 1. The summed E-state index contributed by atoms with van der Waals surface area (Å²) in [5.74, 6) is -1.51. The fourth-order valence-corrected chi connectivity index (χ4v) is 1.45. The van der Waals surface area contributed by atoms with E-state index in [2.05, 4.69) is 5.32 Å². The molecule has 0 bridgehead atoms. The first kappa shape index (κ1) is 14.5. The smallest absolute Gasteiger partial charge is 0.332 e. The van der Waals surface area contributed by atoms with Crippen molar-refractivity contribution in [1.82, 2.24) is 0 Å². The molecule has 1 aromatic carbocycles. The summed E-state index contributed by atoms with van der Waals surface area (Å²) in [5, 5.41) is 11.8. The lowest BCUT2D eigenvalue weighted by atomic mass is 10.2. The number of aryl methyl sites for hydroxylation is 1. The molecule has 0 saturated heterocycles. The van der Waals surface area contributed by atoms with Crippen LogP contribution in [0.2, 0.25) is 5.02 Å². The van der Waals surface area contributed by atoms with Crippen LogP contribution in [0.15, 0.2) is 18.2 Å². The normalized spacial score (nSPS) is 11.9. The number of carbonyl (C=O) groups excluding carboxylic acids is 1. The molecule has 1 amide bonds. The molecule has 2 N–H and O–H groups in total. The lowest BCUT2D eigenvalue weighted by Gasteiger charge is -2.10. The second-order valence-corrected chi connectivity index (χ2v) is 4.24. The largest absolute Gasteiger partial charge is 0.479 e. The van der Waals surface area contributed by atoms with Crippen LogP contribution in [0.3, 0.4) is 0 Å². The van der Waals surface area contributed by atoms with Crippen molar-refractivity contribution in [2.75, 3.05) is 11.9 Å². The van der Waals surface area contributed by atoms with Crippen LogP contribution in [0.5, 0.6) is 0 Å². The molecule has 0 aromatic heterocycles. The molecular formula is C12H14ClNO4. The van der Waals surface area contributed by atoms with Crippen molar-refractivity contribution in [3.05, 3.63) is 28.8 Å². The Morgan fingerprint density at radius 3 is 2.72 bits per heavy atom. The number of carboxylic acids is 1. The number of hydrogen-bond donors (Lipinski definition) is 2. The molecule has 1 aromatic rings. The average molecular weight is 272 g/mol. The van der Waals surface area contributed by atoms with E-state index >= 15 is 0 Å². The molecule has 0 saturated carbocycles. The maximum Gasteiger partial charge on any atom is 0.332 e. The Morgan fingerprint density at radius 2 is 2.17 bits per heavy atom. The monoisotopic (exact) mass is 271 g/mol. The molecule has 5 nitrogen and oxygen atoms in total. The van der Waals surface area contributed by atoms with Gasteiger partial charge in [0.05, 0.1) is 0 Å². The summed E-state index contributed by atoms with van der Waals surface area (Å²) in [4.78, 5) is 22.0. The molecule has 98 valence electrons. The van der Waals surface area contributed by atoms with Gasteiger partial charge < -0.3 is 15.2 Å². The molecular weight excluding hydrogens is 258 g/mol. The van der Waals surface area contributed by atoms with Gasteiger partial charge in [0.2, 0.25) is 5.91 Å². The van der Waals surface area contributed by atoms with E-state index in [1.165, 1.54) is 6.92 Å². The fourth-order valence-electron chi connectivity index (χ4n) is 1.23. The van der Waals surface area contributed by atoms with Crippen molar-refractivity contribution in [3.8, 4) is 0 Å². The molecule has 0 aliphatic heterocycles. The van der Waals surface area contributed by atoms with E-state index in [1.807, 2.05) is 6.92 Å². The highest BCUT2D eigenvalue weighted by Crippen LogP contribution is 2.19. The first-order valence-electron chi connectivity index (χ1n) is 5.30. The Labute approximate surface area is 110 Å². The van der Waals surface area contributed by atoms with Crippen molar-refractivity contribution in [3.63, 3.8) is 0 Å². The van der Waals surface area contributed by atoms with Gasteiger partial charge in [0.25, 0.3) is 0 Å². The number of carboxylic acid groups (broad SMARTS) is 1. The Hall–Kier alpha value is -1.59. The Morgan fingerprint density at radius 1 is 1.50 bits per heavy atom. The lowest BCUT2D eigenvalue weighted by Crippen LogP contribution is -2.26. The molecule has 18 heavy (non-hydrogen) atoms. The maximum absolute atomic E-state index is 11.5. The van der Waals surface area contributed by atoms with E-state index in [4.69, 9.17) is 21.4 Å². The molecule has 0 radical (unpaired) electrons. The van der Waals surface area contributed by atoms with Gasteiger partial charge in [0.15, 0.2) is 6.10 Å². The fraction of sp³-hybridized carbons (Fsp3) is 0.333. The van der Waals surface area contributed by atoms with Gasteiger partial charge in [-0.25, -0.2) is 4.79 Å². The number of halogens is 1. The van der Waals surface area contributed by atoms with Gasteiger partial charge in [-0.05, 0) is 37.6 Å². The van der Waals surface area contributed by atoms with Crippen LogP contribution >= 0.6 is 11.6 Å². The molecule has 0 aliphatic carbocycles. The third-order valence-corrected chi connectivity index (χ3v) is 2.51. The van der Waals surface area contributed by atoms with E-state index in [0.717, 1.165) is 5.56 Å². The summed E-state index contributed by atoms with van der Waals surface area (Å²) in [6.45, 7) is 2.86. The SMILES string of the molecule is Cc1cc(Cl)ccc1NC(=O)CO[C@@H](C)C(=O)O. The highest BCUT2D eigenvalue weighted by Gasteiger charge is 2.13. The van der Waals surface area contributed by atoms with Crippen molar-refractivity contribution in [2.24, 2.45) is 0 Å². The third kappa shape index (κ3) is 4.35. The predicted octanol–water partition coefficient (Wildman–Crippen LogP) is 2.08. The summed E-state index contributed by atoms with van der Waals surface area (Å²) in [6.07, 6.45) is -1.01. The van der Waals surface area contributed by atoms with E-state index in [0.29, 0.717) is 10.7 Å². The van der Waals surface area contributed by atoms with Gasteiger partial charge in [-0.15, -0.1) is 0 Å². The number of carbonyl (C=O) groups is 2. The first-order chi connectivity index (χ1) is 8.40. The van der Waals surface area contributed by atoms with Gasteiger partial charge >= 0.3 is 5.97 Å². The van der Waals surface area contributed by atoms with Crippen molar-refractivity contribution < 1.29 is 19.4 Å². The zero-order valence-electron chi connectivity index (χ0n) is 10.1. The lowest BCUT2D eigenvalue weighted by molar-refractivity contribution is -0.150. The van der Waals surface area contributed by atoms with Crippen LogP contribution in [-0.2, 0) is 14.3 Å². The molecule has 0 aliphatic rings. The second kappa shape index (κ2) is 6.37. The van der Waals surface area contributed by atoms with Crippen LogP contribution in [-0.4, -0.2) is 29.7 Å². The first-order valence-corrected chi connectivity index (χ1v) is 5.68. The summed E-state index contributed by atoms with van der Waals surface area (Å²) in [5.41, 5.74) is 1.44. The number of aliphatic carboxylic acids is 1. The topological polar surface area (TPSA) is 75.6 Å². The van der Waals surface area contributed by atoms with Crippen molar-refractivity contribution >= 4 is 29.2 Å². The van der Waals surface area contributed by atoms with Crippen LogP contribution in [0.4, 0.5) is 5.69 Å². The summed E-state index contributed by atoms with van der Waals surface area (Å²) >= 11 is 5.79. The van der Waals surface area contributed by atoms with E-state index in [1.54, 1.807) is 18.2 Å². The van der Waals surface area contributed by atoms with Crippen LogP contribution in [0, 0.1) is 6.92 Å². The average Bonchev–Trinajstić information content (AvgIpc) is 2.29. The minimum Gasteiger partial charge on any atom is -0.479 e. The van der Waals surface area contributed by atoms with E-state index < -0.39 is 18.0 Å². The summed E-state index contributed by atoms with van der Waals surface area (Å²) in [6, 6.07) is 5.05. The number of rotatable bonds is 5. The van der Waals surface area contributed by atoms with E-state index in [-0.39, 0.29) is 6.61 Å². The Kier molecular flexibility index (Phi) is 5.12. The molecule has 6 heteroatoms. The van der Waals surface area contributed by atoms with Crippen LogP contribution < -0.4 is 5.32 Å². The number of nitrogens with one attached hydrogen (secondary N) is 1. The van der Waals surface area contributed by atoms with Crippen LogP contribution in [0.1, 0.15) is 12.5 Å². The van der Waals surface area contributed by atoms with Gasteiger partial charge in [-0.2, -0.15) is 0 Å². The molecule has 0 spiro atoms. The minimum atomic E-state index is -1.11. The zero-order chi connectivity index (χ0) is 13.7. The van der Waals surface area contributed by atoms with Crippen molar-refractivity contribution in [2.45, 2.75) is 20.0 Å². The molecule has 1 atom stereocenters. The standard InChI is InChI=1S/C12H14ClNO4/c1-7-5-9(13)3-4-10(7)14-11(15)6-18-8(2)12(16)17/h3-5,8H,6H2,1-2H3,(H,14,15)(H,16,17)/t8-/m0/s1. The van der Waals surface area contributed by atoms with Gasteiger partial charge in [-0.1, -0.05) is 11.6 Å². The van der Waals surface area contributed by atoms with Crippen LogP contribution in [0.25, 0.3) is 0 Å². The van der Waals surface area contributed by atoms with Crippen molar-refractivity contribution in [1.29, 1.82) is 0 Å². The maximum atomic E-state index is 11.5. The Bertz CT molecular complexity index is 461. The quantitative estimate of drug-likeness (QED) is 0.860. The number of hydrogen-bond acceptors (Lipinski definition) is 3. The predicted molar refractivity (Wildman–Crippen MR) is 67.9 cm³/mol. The molecule has 0 fully saturated rings. The van der Waals surface area contributed by atoms with E-state index in [9.17, 15) is 9.59 Å². The number of benzene rings is 1. The molecule has 1 rings (SSSR count). The minimum absolute atomic E-state index is 0.310. The molecule has 0 heterocycles. The third-order valence-electron chi connectivity index (χ3n) is 2.27. The summed E-state index contributed by atoms with van der Waals surface area (Å²) in [7, 11) is 0. The Balaban J connectivity index is 2.52. The van der Waals surface area contributed by atoms with Gasteiger partial charge in [-0.3, -0.25) is 4.79 Å². The number of amides is 1. The number of anilines is 1.